The van der Waals surface area contributed by atoms with E-state index in [2.05, 4.69) is 46.9 Å². The zero-order valence-corrected chi connectivity index (χ0v) is 29.7. The monoisotopic (exact) mass is 721 g/mol. The fourth-order valence-electron chi connectivity index (χ4n) is 7.42. The topological polar surface area (TPSA) is 174 Å². The molecule has 4 aliphatic rings. The molecule has 0 bridgehead atoms. The van der Waals surface area contributed by atoms with Crippen LogP contribution in [0.15, 0.2) is 55.0 Å². The number of fused-ring (bicyclic) bond motifs is 2. The highest BCUT2D eigenvalue weighted by atomic mass is 16.5. The third-order valence-corrected chi connectivity index (χ3v) is 10.4. The van der Waals surface area contributed by atoms with Crippen molar-refractivity contribution >= 4 is 52.0 Å². The van der Waals surface area contributed by atoms with Crippen LogP contribution in [-0.2, 0) is 20.9 Å². The van der Waals surface area contributed by atoms with E-state index in [0.29, 0.717) is 66.6 Å². The second-order valence-electron chi connectivity index (χ2n) is 13.8. The average Bonchev–Trinajstić information content (AvgIpc) is 3.70. The molecular weight excluding hydrogens is 678 g/mol. The first-order chi connectivity index (χ1) is 25.8. The smallest absolute Gasteiger partial charge is 0.262 e. The van der Waals surface area contributed by atoms with Crippen LogP contribution in [0, 0.1) is 0 Å². The second kappa shape index (κ2) is 14.9. The third kappa shape index (κ3) is 7.29. The lowest BCUT2D eigenvalue weighted by molar-refractivity contribution is -0.125. The number of imidazole rings is 1. The Morgan fingerprint density at radius 2 is 1.72 bits per heavy atom. The van der Waals surface area contributed by atoms with Gasteiger partial charge in [0.2, 0.25) is 11.9 Å². The molecule has 53 heavy (non-hydrogen) atoms. The minimum Gasteiger partial charge on any atom is -0.381 e. The number of aromatic nitrogens is 5. The maximum Gasteiger partial charge on any atom is 0.262 e. The van der Waals surface area contributed by atoms with Crippen molar-refractivity contribution in [1.82, 2.24) is 40.0 Å². The number of carbonyl (C=O) groups is 3. The molecule has 3 aromatic heterocycles. The molecule has 0 aliphatic carbocycles. The van der Waals surface area contributed by atoms with Crippen molar-refractivity contribution in [3.05, 3.63) is 72.0 Å². The molecule has 0 spiro atoms. The summed E-state index contributed by atoms with van der Waals surface area (Å²) in [4.78, 5) is 68.5. The fourth-order valence-corrected chi connectivity index (χ4v) is 7.42. The molecule has 3 amide bonds. The number of hydrogen-bond donors (Lipinski definition) is 3. The maximum absolute atomic E-state index is 13.3. The molecule has 276 valence electrons. The van der Waals surface area contributed by atoms with E-state index in [9.17, 15) is 14.4 Å². The first-order valence-corrected chi connectivity index (χ1v) is 18.1. The van der Waals surface area contributed by atoms with Gasteiger partial charge in [-0.15, -0.1) is 0 Å². The number of piperazine rings is 1. The SMILES string of the molecule is C=C1CCC(N2C(=O)c3ccc(N4CCN(CCOCc5nc6cc(Nc7ccnc(N8CCC(OC)CC8)n7)ncc6[nH]5)CC4)cc3C2=O)C(=O)N1. The van der Waals surface area contributed by atoms with Crippen LogP contribution >= 0.6 is 0 Å². The van der Waals surface area contributed by atoms with E-state index in [1.807, 2.05) is 18.2 Å². The second-order valence-corrected chi connectivity index (χ2v) is 13.8. The number of anilines is 4. The number of allylic oxidation sites excluding steroid dienone is 1. The predicted octanol–water partition coefficient (Wildman–Crippen LogP) is 2.83. The number of piperidine rings is 2. The number of pyridine rings is 1. The van der Waals surface area contributed by atoms with Crippen LogP contribution in [0.2, 0.25) is 0 Å². The molecule has 0 radical (unpaired) electrons. The van der Waals surface area contributed by atoms with E-state index < -0.39 is 17.9 Å². The van der Waals surface area contributed by atoms with Gasteiger partial charge in [-0.3, -0.25) is 24.2 Å². The molecule has 7 heterocycles. The summed E-state index contributed by atoms with van der Waals surface area (Å²) in [5.41, 5.74) is 3.79. The molecule has 1 atom stereocenters. The van der Waals surface area contributed by atoms with E-state index >= 15 is 0 Å². The number of methoxy groups -OCH3 is 1. The lowest BCUT2D eigenvalue weighted by Gasteiger charge is -2.36. The standard InChI is InChI=1S/C37H43N11O5/c1-23-3-6-30(34(49)40-23)48-35(50)26-5-4-24(19-27(26)36(48)51)46-15-13-45(14-16-46)17-18-53-22-33-41-28-20-32(39-21-29(28)42-33)43-31-7-10-38-37(44-31)47-11-8-25(52-2)9-12-47/h4-5,7,10,19-21,25,30H,1,3,6,8-9,11-18,22H2,2H3,(H,40,49)(H,41,42)(H,38,39,43,44). The lowest BCUT2D eigenvalue weighted by Crippen LogP contribution is -2.51. The molecule has 1 aromatic carbocycles. The van der Waals surface area contributed by atoms with Gasteiger partial charge in [-0.2, -0.15) is 4.98 Å². The van der Waals surface area contributed by atoms with Gasteiger partial charge in [0.15, 0.2) is 0 Å². The zero-order chi connectivity index (χ0) is 36.5. The van der Waals surface area contributed by atoms with E-state index in [-0.39, 0.29) is 5.91 Å². The lowest BCUT2D eigenvalue weighted by atomic mass is 10.0. The third-order valence-electron chi connectivity index (χ3n) is 10.4. The van der Waals surface area contributed by atoms with Gasteiger partial charge in [-0.25, -0.2) is 15.0 Å². The van der Waals surface area contributed by atoms with Crippen LogP contribution in [0.4, 0.5) is 23.3 Å². The van der Waals surface area contributed by atoms with E-state index in [1.54, 1.807) is 31.6 Å². The van der Waals surface area contributed by atoms with Crippen molar-refractivity contribution in [3.8, 4) is 0 Å². The Bertz CT molecular complexity index is 2040. The number of amides is 3. The number of H-pyrrole nitrogens is 1. The number of nitrogens with one attached hydrogen (secondary N) is 3. The van der Waals surface area contributed by atoms with Crippen molar-refractivity contribution in [2.24, 2.45) is 0 Å². The number of ether oxygens (including phenoxy) is 2. The largest absolute Gasteiger partial charge is 0.381 e. The summed E-state index contributed by atoms with van der Waals surface area (Å²) in [6.45, 7) is 10.4. The minimum absolute atomic E-state index is 0.290. The summed E-state index contributed by atoms with van der Waals surface area (Å²) in [7, 11) is 1.76. The van der Waals surface area contributed by atoms with Gasteiger partial charge in [0.1, 0.15) is 30.1 Å². The highest BCUT2D eigenvalue weighted by Crippen LogP contribution is 2.32. The maximum atomic E-state index is 13.3. The quantitative estimate of drug-likeness (QED) is 0.153. The molecule has 16 nitrogen and oxygen atoms in total. The van der Waals surface area contributed by atoms with Gasteiger partial charge in [0.25, 0.3) is 11.8 Å². The summed E-state index contributed by atoms with van der Waals surface area (Å²) in [5, 5.41) is 5.96. The van der Waals surface area contributed by atoms with Gasteiger partial charge in [0.05, 0.1) is 41.1 Å². The summed E-state index contributed by atoms with van der Waals surface area (Å²) in [5.74, 6) is 1.52. The summed E-state index contributed by atoms with van der Waals surface area (Å²) >= 11 is 0. The van der Waals surface area contributed by atoms with Crippen molar-refractivity contribution < 1.29 is 23.9 Å². The predicted molar refractivity (Wildman–Crippen MR) is 197 cm³/mol. The molecule has 3 fully saturated rings. The van der Waals surface area contributed by atoms with Gasteiger partial charge in [-0.05, 0) is 49.9 Å². The van der Waals surface area contributed by atoms with Crippen LogP contribution in [0.25, 0.3) is 11.0 Å². The highest BCUT2D eigenvalue weighted by molar-refractivity contribution is 6.23. The van der Waals surface area contributed by atoms with Crippen LogP contribution in [0.1, 0.15) is 52.2 Å². The first kappa shape index (κ1) is 34.6. The zero-order valence-electron chi connectivity index (χ0n) is 29.7. The first-order valence-electron chi connectivity index (χ1n) is 18.1. The van der Waals surface area contributed by atoms with Crippen LogP contribution < -0.4 is 20.4 Å². The molecule has 3 N–H and O–H groups in total. The van der Waals surface area contributed by atoms with Crippen molar-refractivity contribution in [1.29, 1.82) is 0 Å². The van der Waals surface area contributed by atoms with E-state index in [1.165, 1.54) is 0 Å². The highest BCUT2D eigenvalue weighted by Gasteiger charge is 2.44. The van der Waals surface area contributed by atoms with Gasteiger partial charge in [-0.1, -0.05) is 6.58 Å². The van der Waals surface area contributed by atoms with Crippen molar-refractivity contribution in [3.63, 3.8) is 0 Å². The minimum atomic E-state index is -0.818. The molecule has 4 aromatic rings. The Hall–Kier alpha value is -5.45. The number of rotatable bonds is 11. The number of nitrogens with zero attached hydrogens (tertiary/aromatic N) is 8. The van der Waals surface area contributed by atoms with Crippen LogP contribution in [0.3, 0.4) is 0 Å². The number of imide groups is 1. The number of carbonyl (C=O) groups excluding carboxylic acids is 3. The van der Waals surface area contributed by atoms with E-state index in [0.717, 1.165) is 86.1 Å². The van der Waals surface area contributed by atoms with E-state index in [4.69, 9.17) is 19.4 Å². The number of aromatic amines is 1. The summed E-state index contributed by atoms with van der Waals surface area (Å²) in [6, 6.07) is 8.27. The van der Waals surface area contributed by atoms with Crippen molar-refractivity contribution in [2.45, 2.75) is 44.4 Å². The van der Waals surface area contributed by atoms with Crippen molar-refractivity contribution in [2.75, 3.05) is 74.6 Å². The Labute approximate surface area is 306 Å². The molecule has 1 unspecified atom stereocenters. The molecule has 8 rings (SSSR count). The summed E-state index contributed by atoms with van der Waals surface area (Å²) in [6.07, 6.45) is 6.61. The Balaban J connectivity index is 0.793. The fraction of sp³-hybridized carbons (Fsp3) is 0.432. The van der Waals surface area contributed by atoms with Crippen LogP contribution in [-0.4, -0.2) is 124 Å². The molecule has 16 heteroatoms. The Morgan fingerprint density at radius 1 is 0.906 bits per heavy atom. The Kier molecular flexibility index (Phi) is 9.73. The number of benzene rings is 1. The summed E-state index contributed by atoms with van der Waals surface area (Å²) < 4.78 is 11.5. The van der Waals surface area contributed by atoms with Crippen LogP contribution in [0.5, 0.6) is 0 Å². The molecule has 4 aliphatic heterocycles. The molecule has 0 saturated carbocycles. The number of hydrogen-bond acceptors (Lipinski definition) is 13. The normalized spacial score (nSPS) is 20.0. The molecule has 3 saturated heterocycles. The van der Waals surface area contributed by atoms with Gasteiger partial charge < -0.3 is 34.9 Å². The average molecular weight is 722 g/mol. The molecular formula is C37H43N11O5. The van der Waals surface area contributed by atoms with Gasteiger partial charge >= 0.3 is 0 Å². The Morgan fingerprint density at radius 3 is 2.51 bits per heavy atom. The van der Waals surface area contributed by atoms with Gasteiger partial charge in [0, 0.05) is 76.6 Å².